The van der Waals surface area contributed by atoms with Gasteiger partial charge in [-0.1, -0.05) is 66.7 Å². The van der Waals surface area contributed by atoms with E-state index in [2.05, 4.69) is 12.6 Å². The van der Waals surface area contributed by atoms with Crippen LogP contribution in [0, 0.1) is 0 Å². The molecular formula is C43H22BF24NOS. The van der Waals surface area contributed by atoms with Crippen molar-refractivity contribution in [1.29, 1.82) is 0 Å². The number of aromatic nitrogens is 1. The van der Waals surface area contributed by atoms with Gasteiger partial charge in [-0.3, -0.25) is 0 Å². The van der Waals surface area contributed by atoms with Crippen molar-refractivity contribution in [3.63, 3.8) is 0 Å². The van der Waals surface area contributed by atoms with E-state index in [0.717, 1.165) is 10.6 Å². The van der Waals surface area contributed by atoms with Gasteiger partial charge in [-0.05, 0) is 36.4 Å². The molecule has 6 aromatic rings. The number of hydrogen-bond acceptors (Lipinski definition) is 2. The third-order valence-electron chi connectivity index (χ3n) is 10.2. The van der Waals surface area contributed by atoms with E-state index in [-0.39, 0.29) is 0 Å². The minimum absolute atomic E-state index is 0.691. The van der Waals surface area contributed by atoms with Crippen LogP contribution in [0.5, 0.6) is 5.75 Å². The van der Waals surface area contributed by atoms with Gasteiger partial charge in [-0.2, -0.15) is 127 Å². The summed E-state index contributed by atoms with van der Waals surface area (Å²) in [6, 6.07) is 4.54. The number of hydrogen-bond donors (Lipinski definition) is 1. The topological polar surface area (TPSA) is 13.1 Å². The number of rotatable bonds is 6. The molecule has 28 heteroatoms. The first kappa shape index (κ1) is 55.7. The molecule has 5 aromatic carbocycles. The summed E-state index contributed by atoms with van der Waals surface area (Å²) in [6.07, 6.45) is -51.1. The van der Waals surface area contributed by atoms with E-state index in [0.29, 0.717) is 0 Å². The molecule has 382 valence electrons. The Kier molecular flexibility index (Phi) is 15.0. The van der Waals surface area contributed by atoms with Crippen LogP contribution in [0.1, 0.15) is 44.5 Å². The van der Waals surface area contributed by atoms with Crippen LogP contribution < -0.4 is 31.4 Å². The third kappa shape index (κ3) is 13.0. The molecule has 0 bridgehead atoms. The number of halogens is 24. The van der Waals surface area contributed by atoms with Gasteiger partial charge in [0.25, 0.3) is 0 Å². The van der Waals surface area contributed by atoms with Gasteiger partial charge in [0.05, 0.1) is 49.4 Å². The van der Waals surface area contributed by atoms with Crippen molar-refractivity contribution >= 4 is 40.6 Å². The minimum atomic E-state index is -6.13. The summed E-state index contributed by atoms with van der Waals surface area (Å²) < 4.78 is 342. The summed E-state index contributed by atoms with van der Waals surface area (Å²) in [7, 11) is 0. The molecule has 0 aliphatic heterocycles. The molecule has 0 aliphatic rings. The van der Waals surface area contributed by atoms with E-state index in [1.807, 2.05) is 54.9 Å². The van der Waals surface area contributed by atoms with Crippen LogP contribution in [0.25, 0.3) is 0 Å². The lowest BCUT2D eigenvalue weighted by atomic mass is 9.12. The monoisotopic (exact) mass is 1070 g/mol. The van der Waals surface area contributed by atoms with Crippen LogP contribution in [0.2, 0.25) is 0 Å². The first-order valence-electron chi connectivity index (χ1n) is 18.9. The molecule has 0 amide bonds. The molecule has 0 saturated heterocycles. The van der Waals surface area contributed by atoms with Gasteiger partial charge >= 0.3 is 49.4 Å². The molecule has 71 heavy (non-hydrogen) atoms. The van der Waals surface area contributed by atoms with Crippen molar-refractivity contribution < 1.29 is 115 Å². The summed E-state index contributed by atoms with van der Waals surface area (Å²) in [6.45, 7) is 0. The lowest BCUT2D eigenvalue weighted by Crippen LogP contribution is -2.75. The van der Waals surface area contributed by atoms with E-state index in [1.54, 1.807) is 4.73 Å². The highest BCUT2D eigenvalue weighted by atomic mass is 32.1. The number of para-hydroxylation sites is 1. The molecular weight excluding hydrogens is 1050 g/mol. The maximum atomic E-state index is 14.2. The van der Waals surface area contributed by atoms with Gasteiger partial charge < -0.3 is 0 Å². The first-order chi connectivity index (χ1) is 32.1. The van der Waals surface area contributed by atoms with Crippen molar-refractivity contribution in [1.82, 2.24) is 0 Å². The van der Waals surface area contributed by atoms with Crippen molar-refractivity contribution in [2.75, 3.05) is 0 Å². The number of alkyl halides is 24. The Morgan fingerprint density at radius 2 is 0.535 bits per heavy atom. The minimum Gasteiger partial charge on any atom is -0.230 e. The highest BCUT2D eigenvalue weighted by molar-refractivity contribution is 7.80. The number of nitrogens with zero attached hydrogens (tertiary/aromatic N) is 1. The Morgan fingerprint density at radius 1 is 0.310 bits per heavy atom. The predicted molar refractivity (Wildman–Crippen MR) is 206 cm³/mol. The first-order valence-corrected chi connectivity index (χ1v) is 19.4. The Morgan fingerprint density at radius 3 is 0.746 bits per heavy atom. The molecule has 0 unspecified atom stereocenters. The fourth-order valence-corrected chi connectivity index (χ4v) is 7.36. The van der Waals surface area contributed by atoms with Crippen LogP contribution in [0.4, 0.5) is 105 Å². The summed E-state index contributed by atoms with van der Waals surface area (Å²) in [5, 5.41) is 0. The number of thiol groups is 1. The molecule has 0 saturated carbocycles. The molecule has 0 radical (unpaired) electrons. The largest absolute Gasteiger partial charge is 0.416 e. The average molecular weight is 1070 g/mol. The van der Waals surface area contributed by atoms with Gasteiger partial charge in [0.1, 0.15) is 6.15 Å². The zero-order chi connectivity index (χ0) is 53.7. The second-order valence-electron chi connectivity index (χ2n) is 15.0. The smallest absolute Gasteiger partial charge is 0.230 e. The van der Waals surface area contributed by atoms with Gasteiger partial charge in [0.2, 0.25) is 18.1 Å². The van der Waals surface area contributed by atoms with Gasteiger partial charge in [0.15, 0.2) is 0 Å². The summed E-state index contributed by atoms with van der Waals surface area (Å²) >= 11 is 4.29. The van der Waals surface area contributed by atoms with E-state index in [9.17, 15) is 105 Å². The zero-order valence-corrected chi connectivity index (χ0v) is 35.0. The van der Waals surface area contributed by atoms with Crippen LogP contribution in [-0.4, -0.2) is 6.15 Å². The second kappa shape index (κ2) is 19.1. The van der Waals surface area contributed by atoms with Crippen LogP contribution in [0.3, 0.4) is 0 Å². The molecule has 1 heterocycles. The standard InChI is InChI=1S/C32H12BF24.C11H9NOS/c34-25(35,36)13-1-14(26(37,38)39)6-21(5-13)33(22-7-15(27(40,41)42)2-16(8-22)28(43,44)45,23-9-17(29(46,47)48)3-18(10-23)30(49,50)51)24-11-19(31(52,53)54)4-20(12-24)32(55,56)57;14-11-7-3-2-6-10(11)13-12-8-4-1-5-9-12/h1-12H;1-9H/q-1;/p+1. The zero-order valence-electron chi connectivity index (χ0n) is 34.1. The Bertz CT molecular complexity index is 2420. The predicted octanol–water partition coefficient (Wildman–Crippen LogP) is 13.3. The van der Waals surface area contributed by atoms with Crippen molar-refractivity contribution in [3.05, 3.63) is 172 Å². The molecule has 0 spiro atoms. The third-order valence-corrected chi connectivity index (χ3v) is 10.6. The van der Waals surface area contributed by atoms with E-state index >= 15 is 0 Å². The Hall–Kier alpha value is -6.22. The molecule has 1 aromatic heterocycles. The summed E-state index contributed by atoms with van der Waals surface area (Å²) in [5.41, 5.74) is -30.2. The quantitative estimate of drug-likeness (QED) is 0.0759. The van der Waals surface area contributed by atoms with Gasteiger partial charge in [0, 0.05) is 16.9 Å². The Labute approximate surface area is 387 Å². The van der Waals surface area contributed by atoms with Crippen molar-refractivity contribution in [3.8, 4) is 5.75 Å². The molecule has 0 fully saturated rings. The van der Waals surface area contributed by atoms with Crippen molar-refractivity contribution in [2.45, 2.75) is 54.3 Å². The van der Waals surface area contributed by atoms with Crippen molar-refractivity contribution in [2.24, 2.45) is 0 Å². The lowest BCUT2D eigenvalue weighted by molar-refractivity contribution is -0.875. The summed E-state index contributed by atoms with van der Waals surface area (Å²) in [4.78, 5) is 6.37. The van der Waals surface area contributed by atoms with Gasteiger partial charge in [-0.15, -0.1) is 12.6 Å². The maximum Gasteiger partial charge on any atom is 0.416 e. The summed E-state index contributed by atoms with van der Waals surface area (Å²) in [5.74, 6) is 0.743. The fraction of sp³-hybridized carbons (Fsp3) is 0.186. The van der Waals surface area contributed by atoms with Crippen LogP contribution in [0.15, 0.2) is 133 Å². The molecule has 0 atom stereocenters. The van der Waals surface area contributed by atoms with E-state index in [4.69, 9.17) is 4.84 Å². The average Bonchev–Trinajstić information content (AvgIpc) is 3.22. The van der Waals surface area contributed by atoms with Gasteiger partial charge in [-0.25, -0.2) is 4.84 Å². The molecule has 0 aliphatic carbocycles. The maximum absolute atomic E-state index is 14.2. The molecule has 2 nitrogen and oxygen atoms in total. The number of pyridine rings is 1. The molecule has 6 rings (SSSR count). The normalized spacial score (nSPS) is 13.4. The second-order valence-corrected chi connectivity index (χ2v) is 15.5. The van der Waals surface area contributed by atoms with Crippen LogP contribution in [-0.2, 0) is 49.4 Å². The molecule has 0 N–H and O–H groups in total. The SMILES string of the molecule is FC(F)(F)c1cc([B-](c2cc(C(F)(F)F)cc(C(F)(F)F)c2)(c2cc(C(F)(F)F)cc(C(F)(F)F)c2)c2cc(C(F)(F)F)cc(C(F)(F)F)c2)cc(C(F)(F)F)c1.Sc1ccccc1O[n+]1ccccc1. The van der Waals surface area contributed by atoms with E-state index in [1.165, 1.54) is 0 Å². The number of benzene rings is 5. The highest BCUT2D eigenvalue weighted by Gasteiger charge is 2.47. The fourth-order valence-electron chi connectivity index (χ4n) is 7.16. The van der Waals surface area contributed by atoms with E-state index < -0.39 is 195 Å². The lowest BCUT2D eigenvalue weighted by Gasteiger charge is -2.46. The Balaban J connectivity index is 0.000000569. The van der Waals surface area contributed by atoms with Crippen LogP contribution >= 0.6 is 12.6 Å². The highest BCUT2D eigenvalue weighted by Crippen LogP contribution is 2.41.